The van der Waals surface area contributed by atoms with E-state index < -0.39 is 5.97 Å². The molecule has 0 radical (unpaired) electrons. The Morgan fingerprint density at radius 2 is 1.85 bits per heavy atom. The van der Waals surface area contributed by atoms with Gasteiger partial charge in [0.25, 0.3) is 0 Å². The normalized spacial score (nSPS) is 16.5. The van der Waals surface area contributed by atoms with E-state index in [4.69, 9.17) is 25.2 Å². The number of fused-ring (bicyclic) bond motifs is 2. The van der Waals surface area contributed by atoms with Crippen LogP contribution in [0.15, 0.2) is 21.8 Å². The highest BCUT2D eigenvalue weighted by atomic mass is 16.5. The Balaban J connectivity index is 1.82. The van der Waals surface area contributed by atoms with Gasteiger partial charge in [-0.1, -0.05) is 12.8 Å². The molecular formula is C24H34N4O5. The fourth-order valence-electron chi connectivity index (χ4n) is 4.61. The molecule has 0 unspecified atom stereocenters. The Bertz CT molecular complexity index is 939. The molecule has 0 aromatic heterocycles. The van der Waals surface area contributed by atoms with Crippen molar-refractivity contribution >= 4 is 23.6 Å². The molecule has 2 aliphatic rings. The van der Waals surface area contributed by atoms with Crippen LogP contribution in [0.3, 0.4) is 0 Å². The highest BCUT2D eigenvalue weighted by molar-refractivity contribution is 6.09. The zero-order chi connectivity index (χ0) is 23.6. The van der Waals surface area contributed by atoms with Crippen molar-refractivity contribution in [2.75, 3.05) is 20.8 Å². The van der Waals surface area contributed by atoms with Crippen LogP contribution in [-0.2, 0) is 11.2 Å². The molecule has 0 spiro atoms. The largest absolute Gasteiger partial charge is 0.492 e. The summed E-state index contributed by atoms with van der Waals surface area (Å²) in [6.07, 6.45) is 9.52. The van der Waals surface area contributed by atoms with Gasteiger partial charge in [0, 0.05) is 12.0 Å². The molecule has 0 saturated carbocycles. The number of aryl methyl sites for hydroxylation is 1. The first-order chi connectivity index (χ1) is 16.1. The molecule has 4 N–H and O–H groups in total. The lowest BCUT2D eigenvalue weighted by Crippen LogP contribution is -2.11. The Morgan fingerprint density at radius 3 is 2.58 bits per heavy atom. The van der Waals surface area contributed by atoms with Crippen molar-refractivity contribution in [2.24, 2.45) is 16.0 Å². The number of hydrazone groups is 2. The summed E-state index contributed by atoms with van der Waals surface area (Å²) in [4.78, 5) is 10.6. The van der Waals surface area contributed by atoms with Crippen LogP contribution in [0.5, 0.6) is 17.2 Å². The molecule has 9 heteroatoms. The van der Waals surface area contributed by atoms with E-state index in [0.717, 1.165) is 68.2 Å². The first kappa shape index (κ1) is 24.4. The van der Waals surface area contributed by atoms with Crippen molar-refractivity contribution in [1.82, 2.24) is 5.43 Å². The average Bonchev–Trinajstić information content (AvgIpc) is 3.23. The third-order valence-corrected chi connectivity index (χ3v) is 6.07. The topological polar surface area (TPSA) is 128 Å². The van der Waals surface area contributed by atoms with E-state index in [2.05, 4.69) is 21.7 Å². The first-order valence-corrected chi connectivity index (χ1v) is 11.5. The van der Waals surface area contributed by atoms with Crippen LogP contribution < -0.4 is 25.5 Å². The van der Waals surface area contributed by atoms with Crippen LogP contribution >= 0.6 is 0 Å². The van der Waals surface area contributed by atoms with E-state index >= 15 is 0 Å². The van der Waals surface area contributed by atoms with Crippen molar-refractivity contribution in [3.8, 4) is 17.2 Å². The van der Waals surface area contributed by atoms with Gasteiger partial charge >= 0.3 is 5.97 Å². The van der Waals surface area contributed by atoms with Gasteiger partial charge in [-0.2, -0.15) is 10.2 Å². The van der Waals surface area contributed by atoms with E-state index in [1.165, 1.54) is 17.5 Å². The Hall–Kier alpha value is -3.23. The standard InChI is InChI=1S/C24H34N4O5/c1-31-23-20(33-13-6-4-3-5-10-21(29)30)14-16-11-12-19(28-27-15-26-25)17-8-7-9-18(17)22(16)24(23)32-2/h14-15H,3-13,25H2,1-2H3,(H,26,27)(H,29,30). The maximum Gasteiger partial charge on any atom is 0.303 e. The minimum Gasteiger partial charge on any atom is -0.492 e. The number of benzene rings is 1. The summed E-state index contributed by atoms with van der Waals surface area (Å²) in [5.41, 5.74) is 8.60. The van der Waals surface area contributed by atoms with E-state index in [1.807, 2.05) is 0 Å². The second-order valence-corrected chi connectivity index (χ2v) is 8.16. The number of unbranched alkanes of at least 4 members (excludes halogenated alkanes) is 3. The van der Waals surface area contributed by atoms with Crippen molar-refractivity contribution in [2.45, 2.75) is 64.2 Å². The quantitative estimate of drug-likeness (QED) is 0.143. The number of carbonyl (C=O) groups is 1. The molecule has 0 bridgehead atoms. The van der Waals surface area contributed by atoms with Crippen LogP contribution in [0, 0.1) is 0 Å². The SMILES string of the molecule is COc1c(OCCCCCCC(=O)O)cc2c(c1OC)C1=C(CCC1)C(=NNC=NN)CC2. The summed E-state index contributed by atoms with van der Waals surface area (Å²) < 4.78 is 17.7. The molecule has 0 fully saturated rings. The maximum absolute atomic E-state index is 10.6. The van der Waals surface area contributed by atoms with Crippen LogP contribution in [0.25, 0.3) is 5.57 Å². The Morgan fingerprint density at radius 1 is 1.09 bits per heavy atom. The minimum atomic E-state index is -0.745. The molecule has 0 heterocycles. The number of nitrogens with two attached hydrogens (primary N) is 1. The molecular weight excluding hydrogens is 424 g/mol. The first-order valence-electron chi connectivity index (χ1n) is 11.5. The zero-order valence-corrected chi connectivity index (χ0v) is 19.5. The number of nitrogens with one attached hydrogen (secondary N) is 1. The van der Waals surface area contributed by atoms with Crippen LogP contribution in [0.4, 0.5) is 0 Å². The van der Waals surface area contributed by atoms with Gasteiger partial charge in [-0.3, -0.25) is 10.2 Å². The Kier molecular flexibility index (Phi) is 8.97. The molecule has 0 amide bonds. The molecule has 1 aromatic carbocycles. The third-order valence-electron chi connectivity index (χ3n) is 6.07. The van der Waals surface area contributed by atoms with Crippen LogP contribution in [0.1, 0.15) is 68.9 Å². The third kappa shape index (κ3) is 5.97. The van der Waals surface area contributed by atoms with Gasteiger partial charge in [-0.05, 0) is 67.7 Å². The summed E-state index contributed by atoms with van der Waals surface area (Å²) in [5, 5.41) is 16.7. The van der Waals surface area contributed by atoms with Gasteiger partial charge < -0.3 is 25.2 Å². The lowest BCUT2D eigenvalue weighted by atomic mass is 9.95. The molecule has 3 rings (SSSR count). The van der Waals surface area contributed by atoms with Crippen molar-refractivity contribution < 1.29 is 24.1 Å². The van der Waals surface area contributed by atoms with E-state index in [-0.39, 0.29) is 6.42 Å². The summed E-state index contributed by atoms with van der Waals surface area (Å²) in [6, 6.07) is 2.07. The molecule has 33 heavy (non-hydrogen) atoms. The number of aliphatic carboxylic acids is 1. The molecule has 0 atom stereocenters. The lowest BCUT2D eigenvalue weighted by Gasteiger charge is -2.20. The number of carboxylic acids is 1. The van der Waals surface area contributed by atoms with Crippen LogP contribution in [0.2, 0.25) is 0 Å². The van der Waals surface area contributed by atoms with Gasteiger partial charge in [0.15, 0.2) is 11.5 Å². The number of ether oxygens (including phenoxy) is 3. The number of methoxy groups -OCH3 is 2. The number of rotatable bonds is 12. The van der Waals surface area contributed by atoms with Crippen molar-refractivity contribution in [3.63, 3.8) is 0 Å². The van der Waals surface area contributed by atoms with Crippen molar-refractivity contribution in [1.29, 1.82) is 0 Å². The van der Waals surface area contributed by atoms with E-state index in [0.29, 0.717) is 30.3 Å². The number of hydrogen-bond donors (Lipinski definition) is 3. The molecule has 2 aliphatic carbocycles. The monoisotopic (exact) mass is 458 g/mol. The summed E-state index contributed by atoms with van der Waals surface area (Å²) in [7, 11) is 3.30. The summed E-state index contributed by atoms with van der Waals surface area (Å²) in [6.45, 7) is 0.536. The number of hydrogen-bond acceptors (Lipinski definition) is 7. The van der Waals surface area contributed by atoms with Crippen LogP contribution in [-0.4, -0.2) is 44.0 Å². The molecule has 180 valence electrons. The zero-order valence-electron chi connectivity index (χ0n) is 19.5. The second-order valence-electron chi connectivity index (χ2n) is 8.16. The predicted octanol–water partition coefficient (Wildman–Crippen LogP) is 3.85. The smallest absolute Gasteiger partial charge is 0.303 e. The average molecular weight is 459 g/mol. The van der Waals surface area contributed by atoms with Gasteiger partial charge in [0.2, 0.25) is 5.75 Å². The van der Waals surface area contributed by atoms with Gasteiger partial charge in [-0.15, -0.1) is 0 Å². The van der Waals surface area contributed by atoms with Gasteiger partial charge in [-0.25, -0.2) is 0 Å². The van der Waals surface area contributed by atoms with E-state index in [1.54, 1.807) is 14.2 Å². The molecule has 0 aliphatic heterocycles. The highest BCUT2D eigenvalue weighted by Crippen LogP contribution is 2.50. The van der Waals surface area contributed by atoms with Crippen molar-refractivity contribution in [3.05, 3.63) is 22.8 Å². The number of nitrogens with zero attached hydrogens (tertiary/aromatic N) is 2. The second kappa shape index (κ2) is 12.1. The summed E-state index contributed by atoms with van der Waals surface area (Å²) >= 11 is 0. The fourth-order valence-corrected chi connectivity index (χ4v) is 4.61. The Labute approximate surface area is 194 Å². The minimum absolute atomic E-state index is 0.217. The summed E-state index contributed by atoms with van der Waals surface area (Å²) in [5.74, 6) is 6.42. The fraction of sp³-hybridized carbons (Fsp3) is 0.542. The highest BCUT2D eigenvalue weighted by Gasteiger charge is 2.31. The predicted molar refractivity (Wildman–Crippen MR) is 128 cm³/mol. The lowest BCUT2D eigenvalue weighted by molar-refractivity contribution is -0.137. The molecule has 1 aromatic rings. The number of allylic oxidation sites excluding steroid dienone is 2. The van der Waals surface area contributed by atoms with Gasteiger partial charge in [0.1, 0.15) is 6.34 Å². The molecule has 9 nitrogen and oxygen atoms in total. The number of carboxylic acid groups (broad SMARTS) is 1. The maximum atomic E-state index is 10.6. The van der Waals surface area contributed by atoms with Gasteiger partial charge in [0.05, 0.1) is 26.5 Å². The molecule has 0 saturated heterocycles. The van der Waals surface area contributed by atoms with E-state index in [9.17, 15) is 4.79 Å².